The first-order valence-corrected chi connectivity index (χ1v) is 8.00. The van der Waals surface area contributed by atoms with Crippen molar-refractivity contribution in [3.05, 3.63) is 66.5 Å². The maximum atomic E-state index is 13.1. The topological polar surface area (TPSA) is 63.2 Å². The van der Waals surface area contributed by atoms with E-state index in [4.69, 9.17) is 4.74 Å². The number of nitrogens with one attached hydrogen (secondary N) is 2. The number of hydrogen-bond donors (Lipinski definition) is 2. The summed E-state index contributed by atoms with van der Waals surface area (Å²) >= 11 is 0. The molecule has 1 aromatic heterocycles. The molecule has 7 heteroatoms. The monoisotopic (exact) mass is 357 g/mol. The number of carbonyl (C=O) groups is 1. The maximum absolute atomic E-state index is 13.1. The Balaban J connectivity index is 1.57. The van der Waals surface area contributed by atoms with Crippen LogP contribution in [0.2, 0.25) is 0 Å². The van der Waals surface area contributed by atoms with Crippen molar-refractivity contribution in [3.63, 3.8) is 0 Å². The summed E-state index contributed by atoms with van der Waals surface area (Å²) in [6.07, 6.45) is 3.37. The first kappa shape index (κ1) is 17.6. The van der Waals surface area contributed by atoms with E-state index in [0.717, 1.165) is 29.0 Å². The van der Waals surface area contributed by atoms with Gasteiger partial charge in [0.1, 0.15) is 24.0 Å². The molecule has 0 saturated carbocycles. The largest absolute Gasteiger partial charge is 0.491 e. The molecule has 0 aliphatic rings. The molecule has 5 nitrogen and oxygen atoms in total. The highest BCUT2D eigenvalue weighted by atomic mass is 19.1. The summed E-state index contributed by atoms with van der Waals surface area (Å²) in [6, 6.07) is 9.48. The lowest BCUT2D eigenvalue weighted by Crippen LogP contribution is -2.39. The van der Waals surface area contributed by atoms with Crippen LogP contribution in [0.5, 0.6) is 5.75 Å². The minimum Gasteiger partial charge on any atom is -0.491 e. The van der Waals surface area contributed by atoms with E-state index in [0.29, 0.717) is 5.69 Å². The van der Waals surface area contributed by atoms with Gasteiger partial charge in [0.25, 0.3) is 0 Å². The number of nitrogens with zero attached hydrogens (tertiary/aromatic N) is 1. The fourth-order valence-electron chi connectivity index (χ4n) is 2.49. The van der Waals surface area contributed by atoms with Crippen molar-refractivity contribution in [1.82, 2.24) is 10.3 Å². The van der Waals surface area contributed by atoms with Gasteiger partial charge in [-0.1, -0.05) is 12.1 Å². The van der Waals surface area contributed by atoms with E-state index in [9.17, 15) is 13.6 Å². The second-order valence-corrected chi connectivity index (χ2v) is 5.82. The zero-order chi connectivity index (χ0) is 18.5. The number of pyridine rings is 1. The maximum Gasteiger partial charge on any atom is 0.319 e. The number of benzene rings is 2. The second kappa shape index (κ2) is 7.77. The molecule has 26 heavy (non-hydrogen) atoms. The van der Waals surface area contributed by atoms with Crippen LogP contribution in [0.25, 0.3) is 10.8 Å². The van der Waals surface area contributed by atoms with Crippen LogP contribution in [0.1, 0.15) is 6.92 Å². The quantitative estimate of drug-likeness (QED) is 0.723. The van der Waals surface area contributed by atoms with Crippen molar-refractivity contribution in [3.8, 4) is 5.75 Å². The molecule has 0 fully saturated rings. The van der Waals surface area contributed by atoms with E-state index < -0.39 is 17.7 Å². The molecule has 0 bridgehead atoms. The van der Waals surface area contributed by atoms with E-state index in [1.807, 2.05) is 18.2 Å². The van der Waals surface area contributed by atoms with Crippen LogP contribution >= 0.6 is 0 Å². The molecule has 0 aliphatic carbocycles. The highest BCUT2D eigenvalue weighted by Crippen LogP contribution is 2.22. The van der Waals surface area contributed by atoms with Crippen LogP contribution in [0.4, 0.5) is 19.3 Å². The molecule has 1 atom stereocenters. The lowest BCUT2D eigenvalue weighted by atomic mass is 10.1. The Morgan fingerprint density at radius 2 is 1.96 bits per heavy atom. The SMILES string of the molecule is C[C@@H](COc1cc(F)cc(F)c1)NC(=O)Nc1cccc2cnccc12. The summed E-state index contributed by atoms with van der Waals surface area (Å²) < 4.78 is 31.6. The number of anilines is 1. The van der Waals surface area contributed by atoms with Crippen LogP contribution in [-0.4, -0.2) is 23.7 Å². The third kappa shape index (κ3) is 4.44. The van der Waals surface area contributed by atoms with Gasteiger partial charge in [0.15, 0.2) is 0 Å². The number of ether oxygens (including phenoxy) is 1. The highest BCUT2D eigenvalue weighted by molar-refractivity contribution is 6.01. The lowest BCUT2D eigenvalue weighted by Gasteiger charge is -2.16. The number of urea groups is 1. The molecule has 2 N–H and O–H groups in total. The number of aromatic nitrogens is 1. The average Bonchev–Trinajstić information content (AvgIpc) is 2.59. The van der Waals surface area contributed by atoms with E-state index in [1.54, 1.807) is 25.4 Å². The fraction of sp³-hybridized carbons (Fsp3) is 0.158. The lowest BCUT2D eigenvalue weighted by molar-refractivity contribution is 0.236. The van der Waals surface area contributed by atoms with Gasteiger partial charge in [-0.05, 0) is 19.1 Å². The Morgan fingerprint density at radius 3 is 2.73 bits per heavy atom. The first-order chi connectivity index (χ1) is 12.5. The van der Waals surface area contributed by atoms with Crippen LogP contribution in [0.3, 0.4) is 0 Å². The minimum absolute atomic E-state index is 0.0652. The summed E-state index contributed by atoms with van der Waals surface area (Å²) in [6.45, 7) is 1.79. The first-order valence-electron chi connectivity index (χ1n) is 8.00. The van der Waals surface area contributed by atoms with Gasteiger partial charge in [0, 0.05) is 41.4 Å². The number of halogens is 2. The predicted octanol–water partition coefficient (Wildman–Crippen LogP) is 4.10. The normalized spacial score (nSPS) is 11.8. The molecule has 0 aliphatic heterocycles. The van der Waals surface area contributed by atoms with Crippen LogP contribution in [0.15, 0.2) is 54.9 Å². The summed E-state index contributed by atoms with van der Waals surface area (Å²) in [7, 11) is 0. The number of hydrogen-bond acceptors (Lipinski definition) is 3. The third-order valence-corrected chi connectivity index (χ3v) is 3.64. The minimum atomic E-state index is -0.719. The molecule has 3 rings (SSSR count). The van der Waals surface area contributed by atoms with Gasteiger partial charge < -0.3 is 15.4 Å². The molecule has 0 unspecified atom stereocenters. The molecule has 0 radical (unpaired) electrons. The number of carbonyl (C=O) groups excluding carboxylic acids is 1. The van der Waals surface area contributed by atoms with Crippen molar-refractivity contribution in [2.45, 2.75) is 13.0 Å². The second-order valence-electron chi connectivity index (χ2n) is 5.82. The molecule has 0 saturated heterocycles. The highest BCUT2D eigenvalue weighted by Gasteiger charge is 2.10. The predicted molar refractivity (Wildman–Crippen MR) is 95.2 cm³/mol. The molecule has 0 spiro atoms. The van der Waals surface area contributed by atoms with Crippen molar-refractivity contribution in [2.75, 3.05) is 11.9 Å². The molecule has 134 valence electrons. The van der Waals surface area contributed by atoms with Gasteiger partial charge in [-0.2, -0.15) is 0 Å². The van der Waals surface area contributed by atoms with Crippen molar-refractivity contribution >= 4 is 22.5 Å². The fourth-order valence-corrected chi connectivity index (χ4v) is 2.49. The molecular weight excluding hydrogens is 340 g/mol. The molecule has 2 amide bonds. The van der Waals surface area contributed by atoms with Gasteiger partial charge in [-0.3, -0.25) is 4.98 Å². The molecule has 1 heterocycles. The Bertz CT molecular complexity index is 908. The van der Waals surface area contributed by atoms with Crippen molar-refractivity contribution < 1.29 is 18.3 Å². The van der Waals surface area contributed by atoms with Gasteiger partial charge in [0.2, 0.25) is 0 Å². The number of rotatable bonds is 5. The van der Waals surface area contributed by atoms with E-state index in [2.05, 4.69) is 15.6 Å². The summed E-state index contributed by atoms with van der Waals surface area (Å²) in [4.78, 5) is 16.2. The summed E-state index contributed by atoms with van der Waals surface area (Å²) in [5.74, 6) is -1.37. The van der Waals surface area contributed by atoms with Gasteiger partial charge in [0.05, 0.1) is 11.7 Å². The molecular formula is C19H17F2N3O2. The van der Waals surface area contributed by atoms with E-state index >= 15 is 0 Å². The number of fused-ring (bicyclic) bond motifs is 1. The summed E-state index contributed by atoms with van der Waals surface area (Å²) in [5.41, 5.74) is 0.655. The van der Waals surface area contributed by atoms with Crippen LogP contribution < -0.4 is 15.4 Å². The van der Waals surface area contributed by atoms with Crippen molar-refractivity contribution in [2.24, 2.45) is 0 Å². The standard InChI is InChI=1S/C19H17F2N3O2/c1-12(11-26-16-8-14(20)7-15(21)9-16)23-19(25)24-18-4-2-3-13-10-22-6-5-17(13)18/h2-10,12H,11H2,1H3,(H2,23,24,25)/t12-/m0/s1. The summed E-state index contributed by atoms with van der Waals surface area (Å²) in [5, 5.41) is 7.28. The Morgan fingerprint density at radius 1 is 1.19 bits per heavy atom. The smallest absolute Gasteiger partial charge is 0.319 e. The Hall–Kier alpha value is -3.22. The number of amides is 2. The zero-order valence-electron chi connectivity index (χ0n) is 14.0. The van der Waals surface area contributed by atoms with Crippen LogP contribution in [-0.2, 0) is 0 Å². The molecule has 2 aromatic carbocycles. The molecule has 3 aromatic rings. The van der Waals surface area contributed by atoms with Gasteiger partial charge >= 0.3 is 6.03 Å². The van der Waals surface area contributed by atoms with Crippen molar-refractivity contribution in [1.29, 1.82) is 0 Å². The van der Waals surface area contributed by atoms with Crippen LogP contribution in [0, 0.1) is 11.6 Å². The van der Waals surface area contributed by atoms with Gasteiger partial charge in [-0.15, -0.1) is 0 Å². The Kier molecular flexibility index (Phi) is 5.26. The third-order valence-electron chi connectivity index (χ3n) is 3.64. The average molecular weight is 357 g/mol. The zero-order valence-corrected chi connectivity index (χ0v) is 14.0. The van der Waals surface area contributed by atoms with E-state index in [-0.39, 0.29) is 18.4 Å². The van der Waals surface area contributed by atoms with E-state index in [1.165, 1.54) is 0 Å². The van der Waals surface area contributed by atoms with Gasteiger partial charge in [-0.25, -0.2) is 13.6 Å². The Labute approximate surface area is 149 Å².